The molecule has 0 saturated heterocycles. The maximum atomic E-state index is 4.28. The Hall–Kier alpha value is -1.23. The van der Waals surface area contributed by atoms with Crippen molar-refractivity contribution in [3.05, 3.63) is 51.3 Å². The zero-order valence-electron chi connectivity index (χ0n) is 11.0. The molecule has 0 spiro atoms. The number of thiophene rings is 1. The maximum Gasteiger partial charge on any atom is 0.0897 e. The average Bonchev–Trinajstić information content (AvgIpc) is 3.01. The number of fused-ring (bicyclic) bond motifs is 1. The van der Waals surface area contributed by atoms with E-state index in [0.29, 0.717) is 6.04 Å². The number of thiazole rings is 1. The molecule has 0 radical (unpaired) electrons. The molecule has 1 atom stereocenters. The van der Waals surface area contributed by atoms with Gasteiger partial charge in [-0.05, 0) is 31.4 Å². The van der Waals surface area contributed by atoms with Gasteiger partial charge in [-0.3, -0.25) is 0 Å². The van der Waals surface area contributed by atoms with E-state index >= 15 is 0 Å². The molecule has 2 nitrogen and oxygen atoms in total. The highest BCUT2D eigenvalue weighted by Crippen LogP contribution is 2.29. The van der Waals surface area contributed by atoms with Crippen LogP contribution in [0.15, 0.2) is 36.5 Å². The minimum absolute atomic E-state index is 0.375. The third-order valence-electron chi connectivity index (χ3n) is 3.12. The van der Waals surface area contributed by atoms with Crippen molar-refractivity contribution in [2.24, 2.45) is 0 Å². The topological polar surface area (TPSA) is 24.9 Å². The molecule has 2 heterocycles. The molecule has 3 rings (SSSR count). The summed E-state index contributed by atoms with van der Waals surface area (Å²) in [5.74, 6) is 0. The molecule has 0 aliphatic rings. The predicted molar refractivity (Wildman–Crippen MR) is 83.9 cm³/mol. The fraction of sp³-hybridized carbons (Fsp3) is 0.267. The summed E-state index contributed by atoms with van der Waals surface area (Å²) in [6, 6.07) is 11.2. The Morgan fingerprint density at radius 3 is 2.84 bits per heavy atom. The first-order valence-corrected chi connectivity index (χ1v) is 7.99. The minimum atomic E-state index is 0.375. The lowest BCUT2D eigenvalue weighted by Gasteiger charge is -2.10. The van der Waals surface area contributed by atoms with Gasteiger partial charge in [-0.25, -0.2) is 4.98 Å². The second-order valence-electron chi connectivity index (χ2n) is 4.63. The number of aromatic nitrogens is 1. The molecule has 1 N–H and O–H groups in total. The highest BCUT2D eigenvalue weighted by atomic mass is 32.1. The van der Waals surface area contributed by atoms with Crippen molar-refractivity contribution in [1.82, 2.24) is 10.3 Å². The molecule has 0 fully saturated rings. The van der Waals surface area contributed by atoms with Gasteiger partial charge in [0.05, 0.1) is 5.01 Å². The van der Waals surface area contributed by atoms with Crippen molar-refractivity contribution in [3.63, 3.8) is 0 Å². The molecule has 4 heteroatoms. The van der Waals surface area contributed by atoms with Crippen molar-refractivity contribution in [3.8, 4) is 0 Å². The van der Waals surface area contributed by atoms with Gasteiger partial charge >= 0.3 is 0 Å². The number of nitrogens with zero attached hydrogens (tertiary/aromatic N) is 1. The zero-order chi connectivity index (χ0) is 13.2. The summed E-state index contributed by atoms with van der Waals surface area (Å²) < 4.78 is 1.36. The predicted octanol–water partition coefficient (Wildman–Crippen LogP) is 4.52. The Morgan fingerprint density at radius 2 is 2.11 bits per heavy atom. The highest BCUT2D eigenvalue weighted by Gasteiger charge is 2.09. The van der Waals surface area contributed by atoms with Crippen LogP contribution in [0, 0.1) is 6.92 Å². The molecule has 0 amide bonds. The van der Waals surface area contributed by atoms with Gasteiger partial charge in [-0.1, -0.05) is 18.2 Å². The third kappa shape index (κ3) is 2.86. The van der Waals surface area contributed by atoms with E-state index in [-0.39, 0.29) is 0 Å². The number of aryl methyl sites for hydroxylation is 1. The van der Waals surface area contributed by atoms with Crippen LogP contribution in [0.2, 0.25) is 0 Å². The zero-order valence-corrected chi connectivity index (χ0v) is 12.6. The van der Waals surface area contributed by atoms with Gasteiger partial charge in [0.25, 0.3) is 0 Å². The summed E-state index contributed by atoms with van der Waals surface area (Å²) in [6.45, 7) is 5.16. The molecule has 0 aliphatic heterocycles. The van der Waals surface area contributed by atoms with Gasteiger partial charge < -0.3 is 5.32 Å². The molecule has 98 valence electrons. The van der Waals surface area contributed by atoms with Crippen LogP contribution in [0.5, 0.6) is 0 Å². The number of hydrogen-bond acceptors (Lipinski definition) is 4. The van der Waals surface area contributed by atoms with Crippen LogP contribution in [0.4, 0.5) is 0 Å². The Balaban J connectivity index is 1.71. The number of hydrogen-bond donors (Lipinski definition) is 1. The molecule has 0 saturated carbocycles. The van der Waals surface area contributed by atoms with Gasteiger partial charge in [0.1, 0.15) is 0 Å². The lowest BCUT2D eigenvalue weighted by Crippen LogP contribution is -2.16. The Morgan fingerprint density at radius 1 is 1.26 bits per heavy atom. The van der Waals surface area contributed by atoms with E-state index in [4.69, 9.17) is 0 Å². The van der Waals surface area contributed by atoms with Crippen LogP contribution in [0.1, 0.15) is 27.7 Å². The lowest BCUT2D eigenvalue weighted by atomic mass is 10.2. The summed E-state index contributed by atoms with van der Waals surface area (Å²) in [5.41, 5.74) is 0. The van der Waals surface area contributed by atoms with E-state index in [9.17, 15) is 0 Å². The Labute approximate surface area is 121 Å². The molecule has 3 aromatic rings. The van der Waals surface area contributed by atoms with E-state index < -0.39 is 0 Å². The molecular formula is C15H16N2S2. The van der Waals surface area contributed by atoms with E-state index in [1.807, 2.05) is 24.5 Å². The van der Waals surface area contributed by atoms with Crippen LogP contribution >= 0.6 is 22.7 Å². The van der Waals surface area contributed by atoms with E-state index in [0.717, 1.165) is 11.6 Å². The normalized spacial score (nSPS) is 12.9. The van der Waals surface area contributed by atoms with Gasteiger partial charge in [0.2, 0.25) is 0 Å². The molecular weight excluding hydrogens is 272 g/mol. The van der Waals surface area contributed by atoms with Crippen LogP contribution in [-0.2, 0) is 6.54 Å². The van der Waals surface area contributed by atoms with Crippen molar-refractivity contribution >= 4 is 32.8 Å². The number of rotatable bonds is 4. The maximum absolute atomic E-state index is 4.28. The second kappa shape index (κ2) is 5.41. The fourth-order valence-corrected chi connectivity index (χ4v) is 3.89. The van der Waals surface area contributed by atoms with Gasteiger partial charge in [-0.2, -0.15) is 0 Å². The molecule has 1 aromatic carbocycles. The van der Waals surface area contributed by atoms with E-state index in [2.05, 4.69) is 47.6 Å². The first-order valence-electron chi connectivity index (χ1n) is 6.35. The number of nitrogens with one attached hydrogen (secondary N) is 1. The van der Waals surface area contributed by atoms with Gasteiger partial charge in [0.15, 0.2) is 0 Å². The van der Waals surface area contributed by atoms with Crippen LogP contribution in [0.3, 0.4) is 0 Å². The molecule has 0 bridgehead atoms. The SMILES string of the molecule is Cc1ncc(CNC(C)c2cc3ccccc3s2)s1. The smallest absolute Gasteiger partial charge is 0.0897 e. The second-order valence-corrected chi connectivity index (χ2v) is 7.07. The van der Waals surface area contributed by atoms with Gasteiger partial charge in [0, 0.05) is 33.2 Å². The van der Waals surface area contributed by atoms with Crippen molar-refractivity contribution in [2.75, 3.05) is 0 Å². The lowest BCUT2D eigenvalue weighted by molar-refractivity contribution is 0.587. The highest BCUT2D eigenvalue weighted by molar-refractivity contribution is 7.19. The summed E-state index contributed by atoms with van der Waals surface area (Å²) in [5, 5.41) is 6.04. The average molecular weight is 288 g/mol. The van der Waals surface area contributed by atoms with Crippen molar-refractivity contribution in [1.29, 1.82) is 0 Å². The Bertz CT molecular complexity index is 651. The summed E-state index contributed by atoms with van der Waals surface area (Å²) in [7, 11) is 0. The summed E-state index contributed by atoms with van der Waals surface area (Å²) in [6.07, 6.45) is 1.96. The monoisotopic (exact) mass is 288 g/mol. The fourth-order valence-electron chi connectivity index (χ4n) is 2.06. The van der Waals surface area contributed by atoms with Crippen LogP contribution < -0.4 is 5.32 Å². The van der Waals surface area contributed by atoms with E-state index in [1.54, 1.807) is 11.3 Å². The molecule has 2 aromatic heterocycles. The molecule has 0 aliphatic carbocycles. The minimum Gasteiger partial charge on any atom is -0.304 e. The quantitative estimate of drug-likeness (QED) is 0.763. The standard InChI is InChI=1S/C15H16N2S2/c1-10(16-8-13-9-17-11(2)18-13)15-7-12-5-3-4-6-14(12)19-15/h3-7,9-10,16H,8H2,1-2H3. The number of benzene rings is 1. The van der Waals surface area contributed by atoms with Crippen LogP contribution in [-0.4, -0.2) is 4.98 Å². The summed E-state index contributed by atoms with van der Waals surface area (Å²) >= 11 is 3.63. The van der Waals surface area contributed by atoms with E-state index in [1.165, 1.54) is 19.8 Å². The van der Waals surface area contributed by atoms with Crippen molar-refractivity contribution in [2.45, 2.75) is 26.4 Å². The Kier molecular flexibility index (Phi) is 3.64. The van der Waals surface area contributed by atoms with Gasteiger partial charge in [-0.15, -0.1) is 22.7 Å². The first-order chi connectivity index (χ1) is 9.22. The summed E-state index contributed by atoms with van der Waals surface area (Å²) in [4.78, 5) is 6.97. The largest absolute Gasteiger partial charge is 0.304 e. The van der Waals surface area contributed by atoms with Crippen LogP contribution in [0.25, 0.3) is 10.1 Å². The third-order valence-corrected chi connectivity index (χ3v) is 5.33. The molecule has 19 heavy (non-hydrogen) atoms. The first kappa shape index (κ1) is 12.8. The molecule has 1 unspecified atom stereocenters. The van der Waals surface area contributed by atoms with Crippen molar-refractivity contribution < 1.29 is 0 Å².